The average Bonchev–Trinajstić information content (AvgIpc) is 3.14. The summed E-state index contributed by atoms with van der Waals surface area (Å²) in [5.41, 5.74) is 7.97. The summed E-state index contributed by atoms with van der Waals surface area (Å²) in [5.74, 6) is 0.556. The second-order valence-electron chi connectivity index (χ2n) is 4.56. The summed E-state index contributed by atoms with van der Waals surface area (Å²) in [5, 5.41) is 8.59. The summed E-state index contributed by atoms with van der Waals surface area (Å²) < 4.78 is 6.16. The number of nitrogen functional groups attached to an aromatic ring is 1. The summed E-state index contributed by atoms with van der Waals surface area (Å²) >= 11 is 1.39. The van der Waals surface area contributed by atoms with Crippen molar-refractivity contribution < 1.29 is 0 Å². The number of hydrogen-bond acceptors (Lipinski definition) is 6. The highest BCUT2D eigenvalue weighted by molar-refractivity contribution is 7.11. The van der Waals surface area contributed by atoms with E-state index in [4.69, 9.17) is 5.73 Å². The molecule has 108 valence electrons. The summed E-state index contributed by atoms with van der Waals surface area (Å²) in [7, 11) is 0. The predicted octanol–water partition coefficient (Wildman–Crippen LogP) is 2.49. The van der Waals surface area contributed by atoms with Crippen molar-refractivity contribution in [3.63, 3.8) is 0 Å². The second kappa shape index (κ2) is 6.36. The molecule has 0 radical (unpaired) electrons. The van der Waals surface area contributed by atoms with Crippen LogP contribution in [0.25, 0.3) is 11.1 Å². The summed E-state index contributed by atoms with van der Waals surface area (Å²) in [4.78, 5) is 4.03. The summed E-state index contributed by atoms with van der Waals surface area (Å²) in [6.07, 6.45) is 8.25. The second-order valence-corrected chi connectivity index (χ2v) is 5.33. The zero-order valence-electron chi connectivity index (χ0n) is 11.4. The van der Waals surface area contributed by atoms with E-state index in [1.165, 1.54) is 11.5 Å². The number of anilines is 2. The van der Waals surface area contributed by atoms with Crippen molar-refractivity contribution in [3.05, 3.63) is 43.0 Å². The van der Waals surface area contributed by atoms with E-state index >= 15 is 0 Å². The molecule has 0 aliphatic heterocycles. The van der Waals surface area contributed by atoms with E-state index in [1.807, 2.05) is 29.1 Å². The Morgan fingerprint density at radius 2 is 2.10 bits per heavy atom. The van der Waals surface area contributed by atoms with Gasteiger partial charge in [0.2, 0.25) is 0 Å². The fraction of sp³-hybridized carbons (Fsp3) is 0.214. The van der Waals surface area contributed by atoms with Gasteiger partial charge < -0.3 is 11.1 Å². The Morgan fingerprint density at radius 3 is 2.86 bits per heavy atom. The van der Waals surface area contributed by atoms with Crippen LogP contribution < -0.4 is 11.1 Å². The van der Waals surface area contributed by atoms with Gasteiger partial charge in [0, 0.05) is 37.9 Å². The molecule has 3 aromatic heterocycles. The molecule has 0 aliphatic rings. The fourth-order valence-corrected chi connectivity index (χ4v) is 2.86. The number of nitrogens with zero attached hydrogens (tertiary/aromatic N) is 4. The zero-order valence-corrected chi connectivity index (χ0v) is 12.3. The summed E-state index contributed by atoms with van der Waals surface area (Å²) in [6.45, 7) is 1.73. The van der Waals surface area contributed by atoms with Gasteiger partial charge in [0.25, 0.3) is 0 Å². The number of aromatic nitrogens is 4. The van der Waals surface area contributed by atoms with E-state index in [0.717, 1.165) is 35.6 Å². The third kappa shape index (κ3) is 3.19. The maximum atomic E-state index is 5.98. The molecule has 3 N–H and O–H groups in total. The first-order valence-corrected chi connectivity index (χ1v) is 7.49. The molecule has 6 nitrogen and oxygen atoms in total. The predicted molar refractivity (Wildman–Crippen MR) is 85.1 cm³/mol. The lowest BCUT2D eigenvalue weighted by molar-refractivity contribution is 0.592. The van der Waals surface area contributed by atoms with Crippen LogP contribution in [0.1, 0.15) is 6.42 Å². The lowest BCUT2D eigenvalue weighted by Crippen LogP contribution is -2.06. The van der Waals surface area contributed by atoms with Gasteiger partial charge in [-0.2, -0.15) is 9.47 Å². The minimum Gasteiger partial charge on any atom is -0.382 e. The normalized spacial score (nSPS) is 10.7. The van der Waals surface area contributed by atoms with E-state index < -0.39 is 0 Å². The van der Waals surface area contributed by atoms with Crippen molar-refractivity contribution in [1.82, 2.24) is 19.1 Å². The van der Waals surface area contributed by atoms with Gasteiger partial charge in [-0.1, -0.05) is 0 Å². The third-order valence-corrected chi connectivity index (χ3v) is 3.92. The standard InChI is InChI=1S/C14H16N6S/c15-13-12(11-3-7-16-8-4-11)14(21-19-13)17-5-1-9-20-10-2-6-18-20/h2-4,6-8,10,17H,1,5,9H2,(H2,15,19). The molecule has 0 unspecified atom stereocenters. The van der Waals surface area contributed by atoms with Crippen LogP contribution in [0.2, 0.25) is 0 Å². The van der Waals surface area contributed by atoms with Gasteiger partial charge in [0.1, 0.15) is 10.8 Å². The van der Waals surface area contributed by atoms with Gasteiger partial charge in [-0.15, -0.1) is 0 Å². The third-order valence-electron chi connectivity index (χ3n) is 3.10. The SMILES string of the molecule is Nc1nsc(NCCCn2cccn2)c1-c1ccncc1. The van der Waals surface area contributed by atoms with Crippen LogP contribution in [-0.4, -0.2) is 25.7 Å². The van der Waals surface area contributed by atoms with E-state index in [-0.39, 0.29) is 0 Å². The van der Waals surface area contributed by atoms with Gasteiger partial charge in [-0.25, -0.2) is 0 Å². The quantitative estimate of drug-likeness (QED) is 0.683. The molecule has 0 spiro atoms. The fourth-order valence-electron chi connectivity index (χ4n) is 2.10. The van der Waals surface area contributed by atoms with Crippen molar-refractivity contribution in [2.75, 3.05) is 17.6 Å². The van der Waals surface area contributed by atoms with E-state index in [0.29, 0.717) is 5.82 Å². The Balaban J connectivity index is 1.64. The lowest BCUT2D eigenvalue weighted by Gasteiger charge is -2.07. The van der Waals surface area contributed by atoms with Gasteiger partial charge in [-0.05, 0) is 41.7 Å². The van der Waals surface area contributed by atoms with Crippen molar-refractivity contribution in [2.45, 2.75) is 13.0 Å². The largest absolute Gasteiger partial charge is 0.382 e. The molecule has 21 heavy (non-hydrogen) atoms. The van der Waals surface area contributed by atoms with Crippen LogP contribution in [0.3, 0.4) is 0 Å². The topological polar surface area (TPSA) is 81.6 Å². The molecule has 3 rings (SSSR count). The number of nitrogens with two attached hydrogens (primary N) is 1. The minimum atomic E-state index is 0.556. The van der Waals surface area contributed by atoms with Crippen LogP contribution in [0.4, 0.5) is 10.8 Å². The van der Waals surface area contributed by atoms with E-state index in [1.54, 1.807) is 18.6 Å². The van der Waals surface area contributed by atoms with Crippen LogP contribution in [0.15, 0.2) is 43.0 Å². The van der Waals surface area contributed by atoms with Gasteiger partial charge in [0.15, 0.2) is 0 Å². The molecular formula is C14H16N6S. The molecule has 0 fully saturated rings. The van der Waals surface area contributed by atoms with Crippen molar-refractivity contribution >= 4 is 22.4 Å². The highest BCUT2D eigenvalue weighted by Crippen LogP contribution is 2.36. The maximum Gasteiger partial charge on any atom is 0.147 e. The summed E-state index contributed by atoms with van der Waals surface area (Å²) in [6, 6.07) is 5.81. The number of hydrogen-bond donors (Lipinski definition) is 2. The molecule has 0 aromatic carbocycles. The molecule has 0 saturated carbocycles. The van der Waals surface area contributed by atoms with Crippen LogP contribution in [0, 0.1) is 0 Å². The monoisotopic (exact) mass is 300 g/mol. The molecule has 7 heteroatoms. The Morgan fingerprint density at radius 1 is 1.24 bits per heavy atom. The number of pyridine rings is 1. The molecule has 0 bridgehead atoms. The van der Waals surface area contributed by atoms with Gasteiger partial charge >= 0.3 is 0 Å². The number of nitrogens with one attached hydrogen (secondary N) is 1. The molecule has 0 amide bonds. The molecular weight excluding hydrogens is 284 g/mol. The zero-order chi connectivity index (χ0) is 14.5. The van der Waals surface area contributed by atoms with E-state index in [9.17, 15) is 0 Å². The Labute approximate surface area is 126 Å². The Hall–Kier alpha value is -2.41. The highest BCUT2D eigenvalue weighted by Gasteiger charge is 2.12. The maximum absolute atomic E-state index is 5.98. The van der Waals surface area contributed by atoms with Crippen molar-refractivity contribution in [2.24, 2.45) is 0 Å². The smallest absolute Gasteiger partial charge is 0.147 e. The Bertz CT molecular complexity index is 677. The molecule has 3 aromatic rings. The highest BCUT2D eigenvalue weighted by atomic mass is 32.1. The Kier molecular flexibility index (Phi) is 4.11. The van der Waals surface area contributed by atoms with E-state index in [2.05, 4.69) is 19.8 Å². The average molecular weight is 300 g/mol. The first-order chi connectivity index (χ1) is 10.3. The van der Waals surface area contributed by atoms with Crippen LogP contribution >= 0.6 is 11.5 Å². The first-order valence-electron chi connectivity index (χ1n) is 6.71. The molecule has 0 aliphatic carbocycles. The van der Waals surface area contributed by atoms with Crippen molar-refractivity contribution in [3.8, 4) is 11.1 Å². The minimum absolute atomic E-state index is 0.556. The number of aryl methyl sites for hydroxylation is 1. The first kappa shape index (κ1) is 13.6. The van der Waals surface area contributed by atoms with Crippen LogP contribution in [-0.2, 0) is 6.54 Å². The van der Waals surface area contributed by atoms with Gasteiger partial charge in [0.05, 0.1) is 5.56 Å². The lowest BCUT2D eigenvalue weighted by atomic mass is 10.1. The molecule has 0 saturated heterocycles. The van der Waals surface area contributed by atoms with Crippen molar-refractivity contribution in [1.29, 1.82) is 0 Å². The van der Waals surface area contributed by atoms with Gasteiger partial charge in [-0.3, -0.25) is 9.67 Å². The molecule has 3 heterocycles. The van der Waals surface area contributed by atoms with Crippen LogP contribution in [0.5, 0.6) is 0 Å². The number of rotatable bonds is 6. The molecule has 0 atom stereocenters.